The Bertz CT molecular complexity index is 1070. The van der Waals surface area contributed by atoms with E-state index in [1.54, 1.807) is 30.6 Å². The van der Waals surface area contributed by atoms with Gasteiger partial charge < -0.3 is 14.7 Å². The lowest BCUT2D eigenvalue weighted by Gasteiger charge is -2.37. The summed E-state index contributed by atoms with van der Waals surface area (Å²) in [7, 11) is 1.76. The molecule has 3 aromatic rings. The number of rotatable bonds is 6. The van der Waals surface area contributed by atoms with E-state index in [0.717, 1.165) is 52.8 Å². The first-order valence-electron chi connectivity index (χ1n) is 10.3. The number of methoxy groups -OCH3 is 1. The van der Waals surface area contributed by atoms with Crippen molar-refractivity contribution in [1.29, 1.82) is 0 Å². The number of thiazole rings is 1. The fraction of sp³-hybridized carbons (Fsp3) is 0.333. The van der Waals surface area contributed by atoms with Gasteiger partial charge in [0.1, 0.15) is 5.01 Å². The summed E-state index contributed by atoms with van der Waals surface area (Å²) in [5.41, 5.74) is 3.30. The van der Waals surface area contributed by atoms with Crippen LogP contribution < -0.4 is 4.90 Å². The quantitative estimate of drug-likeness (QED) is 0.487. The van der Waals surface area contributed by atoms with E-state index in [1.165, 1.54) is 0 Å². The predicted octanol–water partition coefficient (Wildman–Crippen LogP) is 6.07. The number of nitrogens with zero attached hydrogens (tertiary/aromatic N) is 2. The van der Waals surface area contributed by atoms with Gasteiger partial charge in [-0.2, -0.15) is 0 Å². The molecule has 2 heterocycles. The number of anilines is 1. The van der Waals surface area contributed by atoms with Crippen LogP contribution in [0.4, 0.5) is 5.69 Å². The lowest BCUT2D eigenvalue weighted by atomic mass is 9.90. The van der Waals surface area contributed by atoms with Crippen LogP contribution in [-0.4, -0.2) is 36.3 Å². The Morgan fingerprint density at radius 2 is 2.06 bits per heavy atom. The van der Waals surface area contributed by atoms with Gasteiger partial charge in [-0.05, 0) is 50.1 Å². The lowest BCUT2D eigenvalue weighted by Crippen LogP contribution is -2.38. The van der Waals surface area contributed by atoms with Gasteiger partial charge in [0.2, 0.25) is 0 Å². The van der Waals surface area contributed by atoms with E-state index in [9.17, 15) is 9.90 Å². The second-order valence-corrected chi connectivity index (χ2v) is 9.30. The van der Waals surface area contributed by atoms with E-state index >= 15 is 0 Å². The van der Waals surface area contributed by atoms with Gasteiger partial charge in [-0.25, -0.2) is 9.78 Å². The number of hydrogen-bond acceptors (Lipinski definition) is 5. The molecule has 0 saturated carbocycles. The molecule has 0 radical (unpaired) electrons. The van der Waals surface area contributed by atoms with E-state index in [0.29, 0.717) is 16.5 Å². The third-order valence-electron chi connectivity index (χ3n) is 5.78. The number of aromatic nitrogens is 1. The van der Waals surface area contributed by atoms with E-state index < -0.39 is 5.97 Å². The van der Waals surface area contributed by atoms with Gasteiger partial charge in [0, 0.05) is 42.4 Å². The number of ether oxygens (including phenoxy) is 1. The fourth-order valence-corrected chi connectivity index (χ4v) is 5.60. The van der Waals surface area contributed by atoms with E-state index in [2.05, 4.69) is 4.90 Å². The zero-order valence-electron chi connectivity index (χ0n) is 17.5. The Balaban J connectivity index is 1.57. The number of aromatic carboxylic acids is 1. The normalized spacial score (nSPS) is 17.5. The number of carboxylic acids is 1. The highest BCUT2D eigenvalue weighted by molar-refractivity contribution is 7.15. The molecule has 1 N–H and O–H groups in total. The molecule has 0 aliphatic carbocycles. The highest BCUT2D eigenvalue weighted by atomic mass is 35.5. The number of hydrogen-bond donors (Lipinski definition) is 1. The molecule has 2 atom stereocenters. The number of piperidine rings is 1. The molecule has 0 amide bonds. The second-order valence-electron chi connectivity index (χ2n) is 7.84. The Labute approximate surface area is 191 Å². The van der Waals surface area contributed by atoms with Crippen LogP contribution in [0.2, 0.25) is 5.02 Å². The molecular weight excluding hydrogens is 432 g/mol. The first-order chi connectivity index (χ1) is 15.0. The summed E-state index contributed by atoms with van der Waals surface area (Å²) in [6.45, 7) is 3.76. The molecule has 0 bridgehead atoms. The van der Waals surface area contributed by atoms with Crippen molar-refractivity contribution in [2.75, 3.05) is 25.1 Å². The average Bonchev–Trinajstić information content (AvgIpc) is 3.16. The topological polar surface area (TPSA) is 62.7 Å². The molecule has 162 valence electrons. The minimum absolute atomic E-state index is 0.0518. The maximum Gasteiger partial charge on any atom is 0.335 e. The maximum atomic E-state index is 11.4. The average molecular weight is 457 g/mol. The molecule has 1 saturated heterocycles. The second kappa shape index (κ2) is 9.39. The molecule has 5 nitrogen and oxygen atoms in total. The Morgan fingerprint density at radius 1 is 1.29 bits per heavy atom. The van der Waals surface area contributed by atoms with Crippen LogP contribution in [-0.2, 0) is 4.74 Å². The van der Waals surface area contributed by atoms with Crippen LogP contribution in [0.5, 0.6) is 0 Å². The van der Waals surface area contributed by atoms with E-state index in [4.69, 9.17) is 21.3 Å². The summed E-state index contributed by atoms with van der Waals surface area (Å²) < 4.78 is 6.00. The zero-order valence-corrected chi connectivity index (χ0v) is 19.1. The fourth-order valence-electron chi connectivity index (χ4n) is 4.23. The Kier molecular flexibility index (Phi) is 6.60. The van der Waals surface area contributed by atoms with Crippen molar-refractivity contribution in [2.45, 2.75) is 25.9 Å². The van der Waals surface area contributed by atoms with E-state index in [1.807, 2.05) is 43.3 Å². The van der Waals surface area contributed by atoms with Crippen molar-refractivity contribution < 1.29 is 14.6 Å². The molecule has 2 aromatic carbocycles. The Morgan fingerprint density at radius 3 is 2.77 bits per heavy atom. The van der Waals surface area contributed by atoms with Gasteiger partial charge >= 0.3 is 5.97 Å². The third-order valence-corrected chi connectivity index (χ3v) is 7.30. The van der Waals surface area contributed by atoms with Gasteiger partial charge in [-0.15, -0.1) is 11.3 Å². The van der Waals surface area contributed by atoms with Crippen LogP contribution in [0.1, 0.15) is 39.9 Å². The van der Waals surface area contributed by atoms with Gasteiger partial charge in [0.15, 0.2) is 0 Å². The number of benzene rings is 2. The van der Waals surface area contributed by atoms with Crippen molar-refractivity contribution in [1.82, 2.24) is 4.98 Å². The first kappa shape index (κ1) is 21.8. The van der Waals surface area contributed by atoms with Crippen molar-refractivity contribution in [3.05, 3.63) is 69.7 Å². The zero-order chi connectivity index (χ0) is 22.0. The SMILES string of the molecule is CO[C@H](c1sc(-c2ccc(Cl)cc2)nc1C)C1CCCN(c2cccc(C(=O)O)c2)C1. The summed E-state index contributed by atoms with van der Waals surface area (Å²) in [6.07, 6.45) is 2.04. The highest BCUT2D eigenvalue weighted by Crippen LogP contribution is 2.40. The van der Waals surface area contributed by atoms with Crippen LogP contribution >= 0.6 is 22.9 Å². The predicted molar refractivity (Wildman–Crippen MR) is 125 cm³/mol. The van der Waals surface area contributed by atoms with Gasteiger partial charge in [0.25, 0.3) is 0 Å². The maximum absolute atomic E-state index is 11.4. The van der Waals surface area contributed by atoms with Crippen molar-refractivity contribution in [2.24, 2.45) is 5.92 Å². The van der Waals surface area contributed by atoms with Crippen LogP contribution in [0, 0.1) is 12.8 Å². The van der Waals surface area contributed by atoms with Crippen LogP contribution in [0.25, 0.3) is 10.6 Å². The number of carbonyl (C=O) groups is 1. The molecule has 7 heteroatoms. The van der Waals surface area contributed by atoms with Crippen LogP contribution in [0.15, 0.2) is 48.5 Å². The third kappa shape index (κ3) is 4.76. The molecule has 1 aromatic heterocycles. The van der Waals surface area contributed by atoms with Gasteiger partial charge in [-0.1, -0.05) is 29.8 Å². The molecule has 1 unspecified atom stereocenters. The van der Waals surface area contributed by atoms with Crippen molar-refractivity contribution >= 4 is 34.6 Å². The number of aryl methyl sites for hydroxylation is 1. The summed E-state index contributed by atoms with van der Waals surface area (Å²) in [4.78, 5) is 19.6. The van der Waals surface area contributed by atoms with Crippen molar-refractivity contribution in [3.8, 4) is 10.6 Å². The summed E-state index contributed by atoms with van der Waals surface area (Å²) in [5.74, 6) is -0.607. The molecule has 0 spiro atoms. The summed E-state index contributed by atoms with van der Waals surface area (Å²) in [5, 5.41) is 11.0. The molecule has 1 aliphatic heterocycles. The van der Waals surface area contributed by atoms with Gasteiger partial charge in [-0.3, -0.25) is 0 Å². The molecule has 31 heavy (non-hydrogen) atoms. The standard InChI is InChI=1S/C24H25ClN2O3S/c1-15-22(31-23(26-15)16-8-10-19(25)11-9-16)21(30-2)18-6-4-12-27(14-18)20-7-3-5-17(13-20)24(28)29/h3,5,7-11,13,18,21H,4,6,12,14H2,1-2H3,(H,28,29)/t18?,21-/m0/s1. The lowest BCUT2D eigenvalue weighted by molar-refractivity contribution is 0.0470. The summed E-state index contributed by atoms with van der Waals surface area (Å²) >= 11 is 7.70. The monoisotopic (exact) mass is 456 g/mol. The van der Waals surface area contributed by atoms with Crippen molar-refractivity contribution in [3.63, 3.8) is 0 Å². The number of halogens is 1. The minimum atomic E-state index is -0.903. The van der Waals surface area contributed by atoms with E-state index in [-0.39, 0.29) is 6.10 Å². The largest absolute Gasteiger partial charge is 0.478 e. The first-order valence-corrected chi connectivity index (χ1v) is 11.5. The van der Waals surface area contributed by atoms with Gasteiger partial charge in [0.05, 0.1) is 22.2 Å². The van der Waals surface area contributed by atoms with Crippen LogP contribution in [0.3, 0.4) is 0 Å². The molecule has 4 rings (SSSR count). The number of carboxylic acid groups (broad SMARTS) is 1. The smallest absolute Gasteiger partial charge is 0.335 e. The highest BCUT2D eigenvalue weighted by Gasteiger charge is 2.31. The minimum Gasteiger partial charge on any atom is -0.478 e. The molecular formula is C24H25ClN2O3S. The Hall–Kier alpha value is -2.41. The molecule has 1 aliphatic rings. The summed E-state index contributed by atoms with van der Waals surface area (Å²) in [6, 6.07) is 14.9. The molecule has 1 fully saturated rings.